The van der Waals surface area contributed by atoms with Crippen LogP contribution in [0.3, 0.4) is 0 Å². The van der Waals surface area contributed by atoms with Crippen LogP contribution in [0, 0.1) is 10.1 Å². The molecule has 3 rings (SSSR count). The molecule has 0 spiro atoms. The van der Waals surface area contributed by atoms with Crippen molar-refractivity contribution < 1.29 is 19.2 Å². The third-order valence-electron chi connectivity index (χ3n) is 3.87. The van der Waals surface area contributed by atoms with Gasteiger partial charge in [0.05, 0.1) is 29.3 Å². The monoisotopic (exact) mass is 343 g/mol. The number of para-hydroxylation sites is 1. The highest BCUT2D eigenvalue weighted by Gasteiger charge is 2.16. The summed E-state index contributed by atoms with van der Waals surface area (Å²) in [5, 5.41) is 11.0. The van der Waals surface area contributed by atoms with E-state index in [-0.39, 0.29) is 12.3 Å². The first-order valence-corrected chi connectivity index (χ1v) is 7.83. The minimum atomic E-state index is -0.570. The van der Waals surface area contributed by atoms with Crippen LogP contribution < -0.4 is 4.90 Å². The van der Waals surface area contributed by atoms with E-state index in [2.05, 4.69) is 9.88 Å². The van der Waals surface area contributed by atoms with Crippen molar-refractivity contribution in [1.82, 2.24) is 4.98 Å². The Bertz CT molecular complexity index is 757. The molecule has 8 nitrogen and oxygen atoms in total. The van der Waals surface area contributed by atoms with Gasteiger partial charge >= 0.3 is 5.97 Å². The summed E-state index contributed by atoms with van der Waals surface area (Å²) in [5.41, 5.74) is 0.574. The minimum Gasteiger partial charge on any atom is -0.457 e. The van der Waals surface area contributed by atoms with E-state index >= 15 is 0 Å². The van der Waals surface area contributed by atoms with Crippen LogP contribution in [0.1, 0.15) is 15.9 Å². The number of ether oxygens (including phenoxy) is 2. The number of hydrogen-bond acceptors (Lipinski definition) is 7. The molecule has 0 saturated carbocycles. The van der Waals surface area contributed by atoms with Gasteiger partial charge in [0.15, 0.2) is 0 Å². The molecule has 1 saturated heterocycles. The van der Waals surface area contributed by atoms with Crippen LogP contribution in [0.15, 0.2) is 42.6 Å². The predicted molar refractivity (Wildman–Crippen MR) is 89.5 cm³/mol. The average molecular weight is 343 g/mol. The van der Waals surface area contributed by atoms with Crippen LogP contribution in [0.2, 0.25) is 0 Å². The summed E-state index contributed by atoms with van der Waals surface area (Å²) in [5.74, 6) is 0.206. The lowest BCUT2D eigenvalue weighted by Crippen LogP contribution is -2.36. The number of benzene rings is 1. The number of pyridine rings is 1. The lowest BCUT2D eigenvalue weighted by molar-refractivity contribution is -0.385. The quantitative estimate of drug-likeness (QED) is 0.466. The summed E-state index contributed by atoms with van der Waals surface area (Å²) in [6, 6.07) is 9.56. The number of hydrogen-bond donors (Lipinski definition) is 0. The third-order valence-corrected chi connectivity index (χ3v) is 3.87. The van der Waals surface area contributed by atoms with Crippen molar-refractivity contribution in [3.05, 3.63) is 63.8 Å². The summed E-state index contributed by atoms with van der Waals surface area (Å²) in [6.45, 7) is 2.66. The highest BCUT2D eigenvalue weighted by Crippen LogP contribution is 2.19. The van der Waals surface area contributed by atoms with Crippen molar-refractivity contribution in [2.24, 2.45) is 0 Å². The smallest absolute Gasteiger partial charge is 0.340 e. The lowest BCUT2D eigenvalue weighted by Gasteiger charge is -2.27. The van der Waals surface area contributed by atoms with Gasteiger partial charge in [-0.3, -0.25) is 10.1 Å². The van der Waals surface area contributed by atoms with E-state index in [1.807, 2.05) is 0 Å². The second-order valence-corrected chi connectivity index (χ2v) is 5.47. The van der Waals surface area contributed by atoms with E-state index in [9.17, 15) is 14.9 Å². The summed E-state index contributed by atoms with van der Waals surface area (Å²) in [4.78, 5) is 28.9. The largest absolute Gasteiger partial charge is 0.457 e. The Morgan fingerprint density at radius 2 is 2.00 bits per heavy atom. The van der Waals surface area contributed by atoms with E-state index in [0.717, 1.165) is 18.9 Å². The molecule has 130 valence electrons. The molecule has 1 aromatic heterocycles. The first kappa shape index (κ1) is 16.8. The minimum absolute atomic E-state index is 0.0731. The van der Waals surface area contributed by atoms with Gasteiger partial charge < -0.3 is 14.4 Å². The fourth-order valence-corrected chi connectivity index (χ4v) is 2.52. The van der Waals surface area contributed by atoms with Crippen molar-refractivity contribution in [2.75, 3.05) is 31.2 Å². The molecule has 0 atom stereocenters. The van der Waals surface area contributed by atoms with Crippen LogP contribution >= 0.6 is 0 Å². The molecule has 0 amide bonds. The molecule has 1 aromatic carbocycles. The zero-order chi connectivity index (χ0) is 17.6. The molecule has 0 unspecified atom stereocenters. The van der Waals surface area contributed by atoms with Crippen molar-refractivity contribution in [3.8, 4) is 0 Å². The number of nitro groups is 1. The van der Waals surface area contributed by atoms with Gasteiger partial charge in [-0.1, -0.05) is 12.1 Å². The Hall–Kier alpha value is -3.00. The summed E-state index contributed by atoms with van der Waals surface area (Å²) in [7, 11) is 0. The van der Waals surface area contributed by atoms with Crippen LogP contribution in [0.5, 0.6) is 0 Å². The average Bonchev–Trinajstić information content (AvgIpc) is 2.67. The molecule has 2 heterocycles. The fourth-order valence-electron chi connectivity index (χ4n) is 2.52. The maximum absolute atomic E-state index is 12.1. The number of esters is 1. The summed E-state index contributed by atoms with van der Waals surface area (Å²) in [6.07, 6.45) is 1.45. The highest BCUT2D eigenvalue weighted by atomic mass is 16.6. The first-order chi connectivity index (χ1) is 12.1. The first-order valence-electron chi connectivity index (χ1n) is 7.83. The van der Waals surface area contributed by atoms with Crippen LogP contribution in [0.4, 0.5) is 11.5 Å². The number of rotatable bonds is 5. The molecular formula is C17H17N3O5. The number of aromatic nitrogens is 1. The van der Waals surface area contributed by atoms with Crippen molar-refractivity contribution in [1.29, 1.82) is 0 Å². The number of carbonyl (C=O) groups is 1. The zero-order valence-corrected chi connectivity index (χ0v) is 13.5. The Morgan fingerprint density at radius 3 is 2.68 bits per heavy atom. The molecule has 0 bridgehead atoms. The fraction of sp³-hybridized carbons (Fsp3) is 0.294. The predicted octanol–water partition coefficient (Wildman–Crippen LogP) is 2.18. The molecule has 2 aromatic rings. The van der Waals surface area contributed by atoms with E-state index in [1.165, 1.54) is 12.3 Å². The number of nitro benzene ring substituents is 1. The van der Waals surface area contributed by atoms with E-state index in [0.29, 0.717) is 24.3 Å². The van der Waals surface area contributed by atoms with E-state index in [1.54, 1.807) is 30.3 Å². The molecule has 8 heteroatoms. The summed E-state index contributed by atoms with van der Waals surface area (Å²) >= 11 is 0. The maximum atomic E-state index is 12.1. The zero-order valence-electron chi connectivity index (χ0n) is 13.5. The Kier molecular flexibility index (Phi) is 5.20. The molecule has 1 aliphatic rings. The molecule has 25 heavy (non-hydrogen) atoms. The Balaban J connectivity index is 1.63. The number of carbonyl (C=O) groups excluding carboxylic acids is 1. The van der Waals surface area contributed by atoms with Gasteiger partial charge in [-0.25, -0.2) is 9.78 Å². The Labute approximate surface area is 144 Å². The van der Waals surface area contributed by atoms with Crippen LogP contribution in [0.25, 0.3) is 0 Å². The van der Waals surface area contributed by atoms with Gasteiger partial charge in [-0.15, -0.1) is 0 Å². The molecular weight excluding hydrogens is 326 g/mol. The third kappa shape index (κ3) is 4.10. The molecule has 0 radical (unpaired) electrons. The number of morpholine rings is 1. The van der Waals surface area contributed by atoms with Gasteiger partial charge in [0.25, 0.3) is 5.69 Å². The molecule has 1 fully saturated rings. The van der Waals surface area contributed by atoms with Crippen molar-refractivity contribution in [3.63, 3.8) is 0 Å². The highest BCUT2D eigenvalue weighted by molar-refractivity contribution is 5.89. The van der Waals surface area contributed by atoms with E-state index in [4.69, 9.17) is 9.47 Å². The van der Waals surface area contributed by atoms with Gasteiger partial charge in [-0.2, -0.15) is 0 Å². The van der Waals surface area contributed by atoms with Crippen LogP contribution in [-0.4, -0.2) is 42.2 Å². The van der Waals surface area contributed by atoms with Gasteiger partial charge in [0, 0.05) is 25.4 Å². The van der Waals surface area contributed by atoms with Crippen LogP contribution in [-0.2, 0) is 16.1 Å². The van der Waals surface area contributed by atoms with Crippen molar-refractivity contribution in [2.45, 2.75) is 6.61 Å². The maximum Gasteiger partial charge on any atom is 0.340 e. The summed E-state index contributed by atoms with van der Waals surface area (Å²) < 4.78 is 10.5. The van der Waals surface area contributed by atoms with E-state index < -0.39 is 10.9 Å². The topological polar surface area (TPSA) is 94.8 Å². The van der Waals surface area contributed by atoms with Gasteiger partial charge in [0.1, 0.15) is 12.4 Å². The van der Waals surface area contributed by atoms with Gasteiger partial charge in [0.2, 0.25) is 0 Å². The number of nitrogens with zero attached hydrogens (tertiary/aromatic N) is 3. The molecule has 0 N–H and O–H groups in total. The van der Waals surface area contributed by atoms with Crippen molar-refractivity contribution >= 4 is 17.5 Å². The lowest BCUT2D eigenvalue weighted by atomic mass is 10.2. The second kappa shape index (κ2) is 7.71. The standard InChI is InChI=1S/C17H17N3O5/c21-17(25-12-14-3-1-2-4-15(14)20(22)23)13-5-6-16(18-11-13)19-7-9-24-10-8-19/h1-6,11H,7-10,12H2. The normalized spacial score (nSPS) is 14.2. The SMILES string of the molecule is O=C(OCc1ccccc1[N+](=O)[O-])c1ccc(N2CCOCC2)nc1. The Morgan fingerprint density at radius 1 is 1.24 bits per heavy atom. The van der Waals surface area contributed by atoms with Gasteiger partial charge in [-0.05, 0) is 18.2 Å². The number of anilines is 1. The molecule has 0 aliphatic carbocycles. The second-order valence-electron chi connectivity index (χ2n) is 5.47. The molecule has 1 aliphatic heterocycles.